The summed E-state index contributed by atoms with van der Waals surface area (Å²) in [5, 5.41) is 3.20. The van der Waals surface area contributed by atoms with Gasteiger partial charge in [0, 0.05) is 57.3 Å². The molecule has 0 spiro atoms. The highest BCUT2D eigenvalue weighted by Crippen LogP contribution is 2.31. The zero-order valence-corrected chi connectivity index (χ0v) is 27.4. The molecule has 0 saturated carbocycles. The van der Waals surface area contributed by atoms with E-state index in [1.165, 1.54) is 30.5 Å². The van der Waals surface area contributed by atoms with Crippen LogP contribution in [0.5, 0.6) is 17.4 Å². The predicted molar refractivity (Wildman–Crippen MR) is 176 cm³/mol. The third-order valence-electron chi connectivity index (χ3n) is 8.39. The number of piperazine rings is 1. The van der Waals surface area contributed by atoms with E-state index in [1.807, 2.05) is 0 Å². The number of amides is 2. The monoisotopic (exact) mass is 729 g/mol. The molecule has 16 heteroatoms. The summed E-state index contributed by atoms with van der Waals surface area (Å²) in [6, 6.07) is 18.0. The quantitative estimate of drug-likeness (QED) is 0.157. The van der Waals surface area contributed by atoms with Crippen molar-refractivity contribution in [3.05, 3.63) is 113 Å². The van der Waals surface area contributed by atoms with Gasteiger partial charge in [-0.3, -0.25) is 14.5 Å². The summed E-state index contributed by atoms with van der Waals surface area (Å²) in [4.78, 5) is 34.1. The number of nitrogens with one attached hydrogen (secondary N) is 1. The van der Waals surface area contributed by atoms with Gasteiger partial charge in [-0.1, -0.05) is 12.1 Å². The molecular formula is C36H30F7N5O4. The van der Waals surface area contributed by atoms with Crippen molar-refractivity contribution in [1.29, 1.82) is 0 Å². The van der Waals surface area contributed by atoms with Crippen LogP contribution >= 0.6 is 0 Å². The molecular weight excluding hydrogens is 699 g/mol. The van der Waals surface area contributed by atoms with Crippen molar-refractivity contribution in [3.8, 4) is 17.4 Å². The van der Waals surface area contributed by atoms with Gasteiger partial charge in [-0.15, -0.1) is 0 Å². The smallest absolute Gasteiger partial charge is 0.422 e. The minimum atomic E-state index is -4.75. The lowest BCUT2D eigenvalue weighted by molar-refractivity contribution is -0.153. The van der Waals surface area contributed by atoms with Crippen LogP contribution in [-0.2, 0) is 19.8 Å². The predicted octanol–water partition coefficient (Wildman–Crippen LogP) is 7.67. The lowest BCUT2D eigenvalue weighted by Gasteiger charge is -2.34. The van der Waals surface area contributed by atoms with Gasteiger partial charge in [0.15, 0.2) is 6.61 Å². The summed E-state index contributed by atoms with van der Waals surface area (Å²) in [6.45, 7) is 1.43. The third-order valence-corrected chi connectivity index (χ3v) is 8.39. The molecule has 3 aromatic carbocycles. The zero-order valence-electron chi connectivity index (χ0n) is 27.4. The first-order chi connectivity index (χ1) is 24.6. The van der Waals surface area contributed by atoms with Crippen LogP contribution in [0.1, 0.15) is 32.0 Å². The van der Waals surface area contributed by atoms with Crippen molar-refractivity contribution in [3.63, 3.8) is 0 Å². The Morgan fingerprint density at radius 2 is 1.56 bits per heavy atom. The number of carbonyl (C=O) groups excluding carboxylic acids is 2. The number of pyridine rings is 1. The molecule has 272 valence electrons. The van der Waals surface area contributed by atoms with E-state index < -0.39 is 41.8 Å². The van der Waals surface area contributed by atoms with Crippen LogP contribution < -0.4 is 14.8 Å². The first-order valence-corrected chi connectivity index (χ1v) is 15.8. The van der Waals surface area contributed by atoms with E-state index in [9.17, 15) is 40.3 Å². The van der Waals surface area contributed by atoms with Crippen LogP contribution in [0, 0.1) is 5.82 Å². The molecule has 2 amide bonds. The van der Waals surface area contributed by atoms with Gasteiger partial charge >= 0.3 is 12.4 Å². The van der Waals surface area contributed by atoms with Crippen LogP contribution in [-0.4, -0.2) is 70.1 Å². The Morgan fingerprint density at radius 3 is 2.19 bits per heavy atom. The van der Waals surface area contributed by atoms with Crippen LogP contribution in [0.15, 0.2) is 85.1 Å². The fourth-order valence-electron chi connectivity index (χ4n) is 5.67. The van der Waals surface area contributed by atoms with Gasteiger partial charge in [0.05, 0.1) is 28.5 Å². The van der Waals surface area contributed by atoms with Gasteiger partial charge in [-0.2, -0.15) is 26.3 Å². The molecule has 0 atom stereocenters. The number of anilines is 1. The van der Waals surface area contributed by atoms with E-state index in [1.54, 1.807) is 52.9 Å². The second-order valence-electron chi connectivity index (χ2n) is 12.1. The summed E-state index contributed by atoms with van der Waals surface area (Å²) in [5.41, 5.74) is 0.512. The number of hydrogen-bond acceptors (Lipinski definition) is 6. The standard InChI is InChI=1S/C36H30F7N5O4/c1-46-30-18-27(52-32-11-6-25(19-44-32)45-33(49)28-10-5-24(17-29(28)37)36(41,42)43)9-4-23(30)16-31(46)34(50)48-14-12-47(13-15-48)20-22-2-7-26(8-3-22)51-21-35(38,39)40/h2-11,16-19H,12-15,20-21H2,1H3,(H,45,49). The van der Waals surface area contributed by atoms with Crippen molar-refractivity contribution >= 4 is 28.4 Å². The topological polar surface area (TPSA) is 88.9 Å². The van der Waals surface area contributed by atoms with E-state index in [0.717, 1.165) is 22.5 Å². The average Bonchev–Trinajstić information content (AvgIpc) is 3.43. The van der Waals surface area contributed by atoms with E-state index in [-0.39, 0.29) is 29.3 Å². The largest absolute Gasteiger partial charge is 0.484 e. The fourth-order valence-corrected chi connectivity index (χ4v) is 5.67. The van der Waals surface area contributed by atoms with Crippen molar-refractivity contribution < 1.29 is 49.8 Å². The Morgan fingerprint density at radius 1 is 0.846 bits per heavy atom. The normalized spacial score (nSPS) is 14.0. The molecule has 1 aliphatic heterocycles. The molecule has 0 bridgehead atoms. The molecule has 1 saturated heterocycles. The Hall–Kier alpha value is -5.64. The molecule has 1 N–H and O–H groups in total. The number of carbonyl (C=O) groups is 2. The van der Waals surface area contributed by atoms with Crippen molar-refractivity contribution in [1.82, 2.24) is 19.4 Å². The molecule has 1 fully saturated rings. The van der Waals surface area contributed by atoms with Crippen LogP contribution in [0.25, 0.3) is 10.9 Å². The summed E-state index contributed by atoms with van der Waals surface area (Å²) in [7, 11) is 1.77. The van der Waals surface area contributed by atoms with Crippen LogP contribution in [0.3, 0.4) is 0 Å². The Kier molecular flexibility index (Phi) is 10.1. The highest BCUT2D eigenvalue weighted by atomic mass is 19.4. The number of alkyl halides is 6. The first-order valence-electron chi connectivity index (χ1n) is 15.8. The van der Waals surface area contributed by atoms with E-state index in [4.69, 9.17) is 9.47 Å². The van der Waals surface area contributed by atoms with Crippen molar-refractivity contribution in [2.45, 2.75) is 18.9 Å². The van der Waals surface area contributed by atoms with Gasteiger partial charge in [0.1, 0.15) is 23.0 Å². The maximum atomic E-state index is 14.2. The molecule has 6 rings (SSSR count). The highest BCUT2D eigenvalue weighted by Gasteiger charge is 2.32. The molecule has 0 radical (unpaired) electrons. The SMILES string of the molecule is Cn1c(C(=O)N2CCN(Cc3ccc(OCC(F)(F)F)cc3)CC2)cc2ccc(Oc3ccc(NC(=O)c4ccc(C(F)(F)F)cc4F)cn3)cc21. The fraction of sp³-hybridized carbons (Fsp3) is 0.250. The molecule has 9 nitrogen and oxygen atoms in total. The highest BCUT2D eigenvalue weighted by molar-refractivity contribution is 6.04. The van der Waals surface area contributed by atoms with Gasteiger partial charge in [-0.05, 0) is 60.2 Å². The summed E-state index contributed by atoms with van der Waals surface area (Å²) < 4.78 is 102. The summed E-state index contributed by atoms with van der Waals surface area (Å²) >= 11 is 0. The first kappa shape index (κ1) is 36.2. The van der Waals surface area contributed by atoms with Gasteiger partial charge in [0.25, 0.3) is 11.8 Å². The van der Waals surface area contributed by atoms with Crippen LogP contribution in [0.4, 0.5) is 36.4 Å². The molecule has 0 unspecified atom stereocenters. The van der Waals surface area contributed by atoms with Gasteiger partial charge in [0.2, 0.25) is 5.88 Å². The number of aromatic nitrogens is 2. The number of aryl methyl sites for hydroxylation is 1. The molecule has 1 aliphatic rings. The number of nitrogens with zero attached hydrogens (tertiary/aromatic N) is 4. The number of hydrogen-bond donors (Lipinski definition) is 1. The Balaban J connectivity index is 1.03. The number of halogens is 7. The molecule has 3 heterocycles. The minimum Gasteiger partial charge on any atom is -0.484 e. The van der Waals surface area contributed by atoms with Crippen molar-refractivity contribution in [2.75, 3.05) is 38.1 Å². The van der Waals surface area contributed by atoms with E-state index in [0.29, 0.717) is 50.2 Å². The van der Waals surface area contributed by atoms with Gasteiger partial charge in [-0.25, -0.2) is 9.37 Å². The summed E-state index contributed by atoms with van der Waals surface area (Å²) in [5.74, 6) is -1.69. The van der Waals surface area contributed by atoms with E-state index in [2.05, 4.69) is 15.2 Å². The van der Waals surface area contributed by atoms with Crippen molar-refractivity contribution in [2.24, 2.45) is 7.05 Å². The second-order valence-corrected chi connectivity index (χ2v) is 12.1. The number of ether oxygens (including phenoxy) is 2. The zero-order chi connectivity index (χ0) is 37.2. The second kappa shape index (κ2) is 14.5. The number of fused-ring (bicyclic) bond motifs is 1. The molecule has 0 aliphatic carbocycles. The molecule has 5 aromatic rings. The average molecular weight is 730 g/mol. The maximum absolute atomic E-state index is 14.2. The Labute approximate surface area is 292 Å². The molecule has 52 heavy (non-hydrogen) atoms. The summed E-state index contributed by atoms with van der Waals surface area (Å²) in [6.07, 6.45) is -7.90. The minimum absolute atomic E-state index is 0.137. The lowest BCUT2D eigenvalue weighted by Crippen LogP contribution is -2.48. The maximum Gasteiger partial charge on any atom is 0.422 e. The van der Waals surface area contributed by atoms with Crippen LogP contribution in [0.2, 0.25) is 0 Å². The third kappa shape index (κ3) is 8.62. The lowest BCUT2D eigenvalue weighted by atomic mass is 10.1. The number of rotatable bonds is 9. The number of benzene rings is 3. The molecule has 2 aromatic heterocycles. The van der Waals surface area contributed by atoms with Gasteiger partial charge < -0.3 is 24.3 Å². The Bertz CT molecular complexity index is 2070. The van der Waals surface area contributed by atoms with E-state index >= 15 is 0 Å².